The highest BCUT2D eigenvalue weighted by molar-refractivity contribution is 9.10. The van der Waals surface area contributed by atoms with Gasteiger partial charge in [0.05, 0.1) is 23.2 Å². The van der Waals surface area contributed by atoms with E-state index >= 15 is 0 Å². The van der Waals surface area contributed by atoms with Crippen LogP contribution in [0.5, 0.6) is 0 Å². The molecular weight excluding hydrogens is 412 g/mol. The van der Waals surface area contributed by atoms with E-state index in [1.165, 1.54) is 34.0 Å². The lowest BCUT2D eigenvalue weighted by atomic mass is 10.2. The Morgan fingerprint density at radius 1 is 1.21 bits per heavy atom. The average Bonchev–Trinajstić information content (AvgIpc) is 2.79. The van der Waals surface area contributed by atoms with Gasteiger partial charge >= 0.3 is 10.2 Å². The molecule has 0 aliphatic rings. The van der Waals surface area contributed by atoms with Crippen LogP contribution in [-0.2, 0) is 14.9 Å². The average molecular weight is 435 g/mol. The molecule has 0 spiro atoms. The first-order chi connectivity index (χ1) is 11.0. The third-order valence-corrected chi connectivity index (χ3v) is 7.53. The van der Waals surface area contributed by atoms with E-state index < -0.39 is 10.2 Å². The molecule has 1 aromatic carbocycles. The van der Waals surface area contributed by atoms with E-state index in [4.69, 9.17) is 4.74 Å². The summed E-state index contributed by atoms with van der Waals surface area (Å²) in [4.78, 5) is 0. The number of thiophene rings is 1. The molecule has 2 aromatic rings. The molecule has 0 radical (unpaired) electrons. The Bertz CT molecular complexity index is 810. The summed E-state index contributed by atoms with van der Waals surface area (Å²) in [6.45, 7) is 6.42. The number of rotatable bonds is 6. The van der Waals surface area contributed by atoms with Crippen molar-refractivity contribution in [3.63, 3.8) is 0 Å². The van der Waals surface area contributed by atoms with Gasteiger partial charge in [-0.15, -0.1) is 11.3 Å². The van der Waals surface area contributed by atoms with Gasteiger partial charge < -0.3 is 4.74 Å². The van der Waals surface area contributed by atoms with E-state index in [-0.39, 0.29) is 12.1 Å². The number of benzene rings is 1. The first kappa shape index (κ1) is 19.7. The second-order valence-electron chi connectivity index (χ2n) is 6.54. The minimum Gasteiger partial charge on any atom is -0.374 e. The Hall–Kier alpha value is -0.670. The van der Waals surface area contributed by atoms with Crippen molar-refractivity contribution in [3.05, 3.63) is 28.7 Å². The Labute approximate surface area is 156 Å². The zero-order valence-electron chi connectivity index (χ0n) is 14.5. The van der Waals surface area contributed by atoms with E-state index in [1.54, 1.807) is 0 Å². The second-order valence-corrected chi connectivity index (χ2v) is 10.4. The van der Waals surface area contributed by atoms with E-state index in [1.807, 2.05) is 45.0 Å². The van der Waals surface area contributed by atoms with Crippen LogP contribution in [0.4, 0.5) is 5.00 Å². The Morgan fingerprint density at radius 2 is 1.83 bits per heavy atom. The van der Waals surface area contributed by atoms with Crippen LogP contribution in [0, 0.1) is 0 Å². The highest BCUT2D eigenvalue weighted by Gasteiger charge is 2.29. The Kier molecular flexibility index (Phi) is 5.97. The van der Waals surface area contributed by atoms with Gasteiger partial charge in [0.1, 0.15) is 5.00 Å². The van der Waals surface area contributed by atoms with E-state index in [2.05, 4.69) is 15.9 Å². The van der Waals surface area contributed by atoms with Crippen LogP contribution in [0.25, 0.3) is 10.1 Å². The molecule has 134 valence electrons. The molecule has 0 bridgehead atoms. The zero-order valence-corrected chi connectivity index (χ0v) is 17.8. The molecule has 1 aromatic heterocycles. The van der Waals surface area contributed by atoms with Crippen molar-refractivity contribution >= 4 is 52.6 Å². The van der Waals surface area contributed by atoms with Crippen molar-refractivity contribution < 1.29 is 13.2 Å². The molecule has 5 nitrogen and oxygen atoms in total. The van der Waals surface area contributed by atoms with Crippen molar-refractivity contribution in [2.24, 2.45) is 0 Å². The number of fused-ring (bicyclic) bond motifs is 1. The molecule has 0 fully saturated rings. The summed E-state index contributed by atoms with van der Waals surface area (Å²) >= 11 is 5.02. The fourth-order valence-corrected chi connectivity index (χ4v) is 5.59. The van der Waals surface area contributed by atoms with Gasteiger partial charge in [-0.05, 0) is 42.8 Å². The number of anilines is 1. The summed E-state index contributed by atoms with van der Waals surface area (Å²) in [6.07, 6.45) is 0. The van der Waals surface area contributed by atoms with Crippen molar-refractivity contribution in [1.82, 2.24) is 4.31 Å². The van der Waals surface area contributed by atoms with Crippen LogP contribution >= 0.6 is 27.3 Å². The molecule has 0 atom stereocenters. The summed E-state index contributed by atoms with van der Waals surface area (Å²) < 4.78 is 35.8. The first-order valence-electron chi connectivity index (χ1n) is 7.55. The molecular formula is C16H23BrN2O3S2. The largest absolute Gasteiger partial charge is 0.374 e. The number of halogens is 1. The quantitative estimate of drug-likeness (QED) is 0.687. The molecule has 2 rings (SSSR count). The predicted molar refractivity (Wildman–Crippen MR) is 105 cm³/mol. The summed E-state index contributed by atoms with van der Waals surface area (Å²) in [5.41, 5.74) is -0.315. The fraction of sp³-hybridized carbons (Fsp3) is 0.500. The number of ether oxygens (including phenoxy) is 1. The van der Waals surface area contributed by atoms with Gasteiger partial charge in [0, 0.05) is 24.2 Å². The molecule has 0 saturated carbocycles. The summed E-state index contributed by atoms with van der Waals surface area (Å²) in [6, 6.07) is 7.85. The van der Waals surface area contributed by atoms with Crippen LogP contribution in [0.3, 0.4) is 0 Å². The van der Waals surface area contributed by atoms with Gasteiger partial charge in [-0.3, -0.25) is 0 Å². The van der Waals surface area contributed by atoms with Crippen LogP contribution in [-0.4, -0.2) is 45.6 Å². The smallest absolute Gasteiger partial charge is 0.304 e. The highest BCUT2D eigenvalue weighted by atomic mass is 79.9. The number of nitrogens with zero attached hydrogens (tertiary/aromatic N) is 2. The third kappa shape index (κ3) is 4.29. The van der Waals surface area contributed by atoms with Gasteiger partial charge in [0.2, 0.25) is 0 Å². The van der Waals surface area contributed by atoms with Crippen LogP contribution in [0.1, 0.15) is 20.8 Å². The number of hydrogen-bond donors (Lipinski definition) is 0. The van der Waals surface area contributed by atoms with E-state index in [0.717, 1.165) is 14.6 Å². The van der Waals surface area contributed by atoms with Crippen LogP contribution < -0.4 is 4.31 Å². The molecule has 0 aliphatic carbocycles. The molecule has 1 heterocycles. The van der Waals surface area contributed by atoms with Crippen LogP contribution in [0.2, 0.25) is 0 Å². The first-order valence-corrected chi connectivity index (χ1v) is 10.6. The lowest BCUT2D eigenvalue weighted by molar-refractivity contribution is 0.00229. The van der Waals surface area contributed by atoms with Gasteiger partial charge in [-0.2, -0.15) is 12.7 Å². The van der Waals surface area contributed by atoms with Crippen molar-refractivity contribution in [2.45, 2.75) is 26.4 Å². The molecule has 0 saturated heterocycles. The summed E-state index contributed by atoms with van der Waals surface area (Å²) in [7, 11) is -0.541. The highest BCUT2D eigenvalue weighted by Crippen LogP contribution is 2.43. The monoisotopic (exact) mass is 434 g/mol. The molecule has 24 heavy (non-hydrogen) atoms. The normalized spacial score (nSPS) is 13.0. The van der Waals surface area contributed by atoms with Crippen molar-refractivity contribution in [1.29, 1.82) is 0 Å². The van der Waals surface area contributed by atoms with E-state index in [0.29, 0.717) is 11.6 Å². The fourth-order valence-electron chi connectivity index (χ4n) is 2.12. The Balaban J connectivity index is 2.43. The van der Waals surface area contributed by atoms with Gasteiger partial charge in [0.25, 0.3) is 0 Å². The van der Waals surface area contributed by atoms with Gasteiger partial charge in [-0.1, -0.05) is 18.2 Å². The molecule has 0 N–H and O–H groups in total. The molecule has 0 aliphatic heterocycles. The summed E-state index contributed by atoms with van der Waals surface area (Å²) in [5.74, 6) is 0. The maximum atomic E-state index is 12.8. The molecule has 8 heteroatoms. The minimum absolute atomic E-state index is 0.253. The standard InChI is InChI=1S/C16H23BrN2O3S2/c1-16(2,3)22-11-10-19(24(20,21)18(4)5)15-14(17)12-8-6-7-9-13(12)23-15/h6-9H,10-11H2,1-5H3. The van der Waals surface area contributed by atoms with Crippen molar-refractivity contribution in [3.8, 4) is 0 Å². The second kappa shape index (κ2) is 7.29. The minimum atomic E-state index is -3.61. The zero-order chi connectivity index (χ0) is 18.1. The maximum absolute atomic E-state index is 12.8. The Morgan fingerprint density at radius 3 is 2.38 bits per heavy atom. The summed E-state index contributed by atoms with van der Waals surface area (Å²) in [5, 5.41) is 1.68. The number of hydrogen-bond acceptors (Lipinski definition) is 4. The van der Waals surface area contributed by atoms with E-state index in [9.17, 15) is 8.42 Å². The third-order valence-electron chi connectivity index (χ3n) is 3.31. The van der Waals surface area contributed by atoms with Crippen molar-refractivity contribution in [2.75, 3.05) is 31.6 Å². The molecule has 0 amide bonds. The SMILES string of the molecule is CN(C)S(=O)(=O)N(CCOC(C)(C)C)c1sc2ccccc2c1Br. The predicted octanol–water partition coefficient (Wildman–Crippen LogP) is 4.09. The van der Waals surface area contributed by atoms with Gasteiger partial charge in [0.15, 0.2) is 0 Å². The maximum Gasteiger partial charge on any atom is 0.304 e. The lowest BCUT2D eigenvalue weighted by Crippen LogP contribution is -2.42. The topological polar surface area (TPSA) is 49.9 Å². The van der Waals surface area contributed by atoms with Crippen LogP contribution in [0.15, 0.2) is 28.7 Å². The van der Waals surface area contributed by atoms with Gasteiger partial charge in [-0.25, -0.2) is 4.31 Å². The lowest BCUT2D eigenvalue weighted by Gasteiger charge is -2.28. The molecule has 0 unspecified atom stereocenters.